The summed E-state index contributed by atoms with van der Waals surface area (Å²) in [5.74, 6) is 1.55. The van der Waals surface area contributed by atoms with E-state index in [1.54, 1.807) is 0 Å². The molecule has 0 aromatic carbocycles. The minimum Gasteiger partial charge on any atom is -0.366 e. The lowest BCUT2D eigenvalue weighted by atomic mass is 10.1. The SMILES string of the molecule is Cc1nc([C@@H]2CN(C(=O)CN3CCc4sccc4C3)CCO2)n[nH]1. The van der Waals surface area contributed by atoms with Crippen LogP contribution in [0.25, 0.3) is 0 Å². The summed E-state index contributed by atoms with van der Waals surface area (Å²) in [7, 11) is 0. The van der Waals surface area contributed by atoms with E-state index in [2.05, 4.69) is 31.5 Å². The summed E-state index contributed by atoms with van der Waals surface area (Å²) < 4.78 is 5.73. The summed E-state index contributed by atoms with van der Waals surface area (Å²) in [6.07, 6.45) is 0.806. The van der Waals surface area contributed by atoms with Crippen molar-refractivity contribution in [3.05, 3.63) is 33.5 Å². The number of hydrogen-bond donors (Lipinski definition) is 1. The number of rotatable bonds is 3. The van der Waals surface area contributed by atoms with Crippen LogP contribution in [0.3, 0.4) is 0 Å². The number of aromatic amines is 1. The highest BCUT2D eigenvalue weighted by atomic mass is 32.1. The number of nitrogens with zero attached hydrogens (tertiary/aromatic N) is 4. The lowest BCUT2D eigenvalue weighted by molar-refractivity contribution is -0.140. The minimum atomic E-state index is -0.238. The number of fused-ring (bicyclic) bond motifs is 1. The fraction of sp³-hybridized carbons (Fsp3) is 0.562. The van der Waals surface area contributed by atoms with E-state index in [-0.39, 0.29) is 12.0 Å². The van der Waals surface area contributed by atoms with Gasteiger partial charge in [-0.15, -0.1) is 11.3 Å². The van der Waals surface area contributed by atoms with Crippen molar-refractivity contribution in [2.45, 2.75) is 26.0 Å². The van der Waals surface area contributed by atoms with E-state index in [0.29, 0.717) is 32.1 Å². The Kier molecular flexibility index (Phi) is 4.34. The zero-order valence-electron chi connectivity index (χ0n) is 13.7. The van der Waals surface area contributed by atoms with Crippen LogP contribution in [0, 0.1) is 6.92 Å². The molecule has 1 saturated heterocycles. The van der Waals surface area contributed by atoms with Gasteiger partial charge >= 0.3 is 0 Å². The van der Waals surface area contributed by atoms with Crippen LogP contribution in [0.1, 0.15) is 28.2 Å². The van der Waals surface area contributed by atoms with E-state index >= 15 is 0 Å². The quantitative estimate of drug-likeness (QED) is 0.901. The van der Waals surface area contributed by atoms with Crippen molar-refractivity contribution in [3.63, 3.8) is 0 Å². The van der Waals surface area contributed by atoms with E-state index in [1.807, 2.05) is 23.2 Å². The second kappa shape index (κ2) is 6.62. The van der Waals surface area contributed by atoms with Crippen molar-refractivity contribution in [2.24, 2.45) is 0 Å². The highest BCUT2D eigenvalue weighted by molar-refractivity contribution is 7.10. The summed E-state index contributed by atoms with van der Waals surface area (Å²) in [6.45, 7) is 5.83. The van der Waals surface area contributed by atoms with Crippen LogP contribution in [0.15, 0.2) is 11.4 Å². The smallest absolute Gasteiger partial charge is 0.236 e. The maximum absolute atomic E-state index is 12.7. The Hall–Kier alpha value is -1.77. The Balaban J connectivity index is 1.36. The number of aryl methyl sites for hydroxylation is 1. The van der Waals surface area contributed by atoms with E-state index in [0.717, 1.165) is 25.3 Å². The van der Waals surface area contributed by atoms with Crippen molar-refractivity contribution in [2.75, 3.05) is 32.8 Å². The third-order valence-electron chi connectivity index (χ3n) is 4.57. The Bertz CT molecular complexity index is 728. The van der Waals surface area contributed by atoms with Gasteiger partial charge in [-0.1, -0.05) is 0 Å². The average molecular weight is 347 g/mol. The molecule has 8 heteroatoms. The number of nitrogens with one attached hydrogen (secondary N) is 1. The van der Waals surface area contributed by atoms with Gasteiger partial charge in [0.1, 0.15) is 11.9 Å². The molecule has 128 valence electrons. The van der Waals surface area contributed by atoms with Crippen LogP contribution in [0.4, 0.5) is 0 Å². The number of aromatic nitrogens is 3. The zero-order valence-corrected chi connectivity index (χ0v) is 14.5. The molecule has 2 aromatic heterocycles. The maximum Gasteiger partial charge on any atom is 0.236 e. The molecule has 0 radical (unpaired) electrons. The molecule has 4 heterocycles. The van der Waals surface area contributed by atoms with Crippen molar-refractivity contribution < 1.29 is 9.53 Å². The second-order valence-corrected chi connectivity index (χ2v) is 7.31. The molecule has 1 N–H and O–H groups in total. The summed E-state index contributed by atoms with van der Waals surface area (Å²) in [5.41, 5.74) is 1.37. The van der Waals surface area contributed by atoms with Crippen LogP contribution in [0.5, 0.6) is 0 Å². The largest absolute Gasteiger partial charge is 0.366 e. The van der Waals surface area contributed by atoms with Crippen LogP contribution in [-0.2, 0) is 22.5 Å². The molecular formula is C16H21N5O2S. The van der Waals surface area contributed by atoms with Gasteiger partial charge in [0.25, 0.3) is 0 Å². The molecule has 4 rings (SSSR count). The normalized spacial score (nSPS) is 21.7. The first-order valence-electron chi connectivity index (χ1n) is 8.25. The molecule has 0 bridgehead atoms. The van der Waals surface area contributed by atoms with Crippen molar-refractivity contribution >= 4 is 17.2 Å². The molecule has 24 heavy (non-hydrogen) atoms. The number of morpholine rings is 1. The number of hydrogen-bond acceptors (Lipinski definition) is 6. The first kappa shape index (κ1) is 15.7. The van der Waals surface area contributed by atoms with Gasteiger partial charge in [0.2, 0.25) is 5.91 Å². The lowest BCUT2D eigenvalue weighted by Gasteiger charge is -2.34. The number of amides is 1. The van der Waals surface area contributed by atoms with Crippen molar-refractivity contribution in [3.8, 4) is 0 Å². The molecule has 2 aliphatic rings. The van der Waals surface area contributed by atoms with Crippen LogP contribution in [0.2, 0.25) is 0 Å². The van der Waals surface area contributed by atoms with E-state index in [4.69, 9.17) is 4.74 Å². The zero-order chi connectivity index (χ0) is 16.5. The van der Waals surface area contributed by atoms with Gasteiger partial charge in [0.05, 0.1) is 19.7 Å². The fourth-order valence-corrected chi connectivity index (χ4v) is 4.16. The van der Waals surface area contributed by atoms with Gasteiger partial charge in [0, 0.05) is 24.5 Å². The van der Waals surface area contributed by atoms with Gasteiger partial charge in [-0.25, -0.2) is 4.98 Å². The Labute approximate surface area is 144 Å². The highest BCUT2D eigenvalue weighted by Gasteiger charge is 2.29. The Morgan fingerprint density at radius 2 is 2.42 bits per heavy atom. The predicted octanol–water partition coefficient (Wildman–Crippen LogP) is 1.13. The Morgan fingerprint density at radius 1 is 1.50 bits per heavy atom. The monoisotopic (exact) mass is 347 g/mol. The number of carbonyl (C=O) groups is 1. The molecule has 2 aromatic rings. The van der Waals surface area contributed by atoms with E-state index in [9.17, 15) is 4.79 Å². The molecule has 1 fully saturated rings. The van der Waals surface area contributed by atoms with Gasteiger partial charge in [-0.3, -0.25) is 14.8 Å². The third kappa shape index (κ3) is 3.22. The summed E-state index contributed by atoms with van der Waals surface area (Å²) >= 11 is 1.82. The van der Waals surface area contributed by atoms with Gasteiger partial charge in [0.15, 0.2) is 5.82 Å². The fourth-order valence-electron chi connectivity index (χ4n) is 3.27. The molecule has 0 aliphatic carbocycles. The highest BCUT2D eigenvalue weighted by Crippen LogP contribution is 2.24. The Morgan fingerprint density at radius 3 is 3.25 bits per heavy atom. The molecule has 7 nitrogen and oxygen atoms in total. The third-order valence-corrected chi connectivity index (χ3v) is 5.59. The summed E-state index contributed by atoms with van der Waals surface area (Å²) in [5, 5.41) is 9.13. The summed E-state index contributed by atoms with van der Waals surface area (Å²) in [6, 6.07) is 2.17. The minimum absolute atomic E-state index is 0.161. The average Bonchev–Trinajstić information content (AvgIpc) is 3.23. The molecule has 0 spiro atoms. The number of thiophene rings is 1. The molecule has 0 unspecified atom stereocenters. The predicted molar refractivity (Wildman–Crippen MR) is 89.7 cm³/mol. The van der Waals surface area contributed by atoms with Crippen molar-refractivity contribution in [1.29, 1.82) is 0 Å². The standard InChI is InChI=1S/C16H21N5O2S/c1-11-17-16(19-18-11)13-9-21(5-6-23-13)15(22)10-20-4-2-14-12(8-20)3-7-24-14/h3,7,13H,2,4-6,8-10H2,1H3,(H,17,18,19)/t13-/m0/s1. The van der Waals surface area contributed by atoms with Crippen molar-refractivity contribution in [1.82, 2.24) is 25.0 Å². The molecular weight excluding hydrogens is 326 g/mol. The first-order chi connectivity index (χ1) is 11.7. The summed E-state index contributed by atoms with van der Waals surface area (Å²) in [4.78, 5) is 22.6. The molecule has 2 aliphatic heterocycles. The van der Waals surface area contributed by atoms with E-state index in [1.165, 1.54) is 10.4 Å². The van der Waals surface area contributed by atoms with Crippen LogP contribution >= 0.6 is 11.3 Å². The molecule has 1 amide bonds. The topological polar surface area (TPSA) is 74.3 Å². The first-order valence-corrected chi connectivity index (χ1v) is 9.13. The number of ether oxygens (including phenoxy) is 1. The van der Waals surface area contributed by atoms with Crippen LogP contribution in [-0.4, -0.2) is 63.7 Å². The number of H-pyrrole nitrogens is 1. The second-order valence-electron chi connectivity index (χ2n) is 6.31. The van der Waals surface area contributed by atoms with Crippen LogP contribution < -0.4 is 0 Å². The molecule has 1 atom stereocenters. The van der Waals surface area contributed by atoms with Gasteiger partial charge in [-0.2, -0.15) is 5.10 Å². The van der Waals surface area contributed by atoms with E-state index < -0.39 is 0 Å². The van der Waals surface area contributed by atoms with Gasteiger partial charge in [-0.05, 0) is 30.4 Å². The lowest BCUT2D eigenvalue weighted by Crippen LogP contribution is -2.47. The number of carbonyl (C=O) groups excluding carboxylic acids is 1. The maximum atomic E-state index is 12.7. The molecule has 0 saturated carbocycles. The van der Waals surface area contributed by atoms with Gasteiger partial charge < -0.3 is 9.64 Å².